The average Bonchev–Trinajstić information content (AvgIpc) is 2.82. The van der Waals surface area contributed by atoms with E-state index in [4.69, 9.17) is 9.47 Å². The maximum Gasteiger partial charge on any atom is 0.305 e. The highest BCUT2D eigenvalue weighted by atomic mass is 16.5. The normalized spacial score (nSPS) is 13.1. The van der Waals surface area contributed by atoms with Gasteiger partial charge in [0.1, 0.15) is 0 Å². The summed E-state index contributed by atoms with van der Waals surface area (Å²) < 4.78 is 9.47. The highest BCUT2D eigenvalue weighted by Gasteiger charge is 2.10. The molecule has 0 aromatic heterocycles. The predicted molar refractivity (Wildman–Crippen MR) is 139 cm³/mol. The third-order valence-corrected chi connectivity index (χ3v) is 6.70. The SMILES string of the molecule is COC(=O)CCCC(C)Cc1ccc2cc3cc(CC(C)CCCC(=O)OC)ccc3cc2c1. The van der Waals surface area contributed by atoms with E-state index in [-0.39, 0.29) is 11.9 Å². The molecule has 3 aromatic rings. The second-order valence-electron chi connectivity index (χ2n) is 9.77. The topological polar surface area (TPSA) is 52.6 Å². The van der Waals surface area contributed by atoms with Crippen LogP contribution in [0, 0.1) is 11.8 Å². The summed E-state index contributed by atoms with van der Waals surface area (Å²) >= 11 is 0. The van der Waals surface area contributed by atoms with Crippen molar-refractivity contribution in [1.29, 1.82) is 0 Å². The van der Waals surface area contributed by atoms with Crippen molar-refractivity contribution in [3.63, 3.8) is 0 Å². The lowest BCUT2D eigenvalue weighted by molar-refractivity contribution is -0.141. The number of carbonyl (C=O) groups is 2. The maximum atomic E-state index is 11.3. The minimum absolute atomic E-state index is 0.124. The van der Waals surface area contributed by atoms with Gasteiger partial charge in [-0.25, -0.2) is 0 Å². The Morgan fingerprint density at radius 1 is 0.647 bits per heavy atom. The second-order valence-corrected chi connectivity index (χ2v) is 9.77. The van der Waals surface area contributed by atoms with Crippen LogP contribution < -0.4 is 0 Å². The average molecular weight is 463 g/mol. The Kier molecular flexibility index (Phi) is 9.50. The number of ether oxygens (including phenoxy) is 2. The van der Waals surface area contributed by atoms with Crippen molar-refractivity contribution in [3.05, 3.63) is 59.7 Å². The summed E-state index contributed by atoms with van der Waals surface area (Å²) in [6, 6.07) is 18.1. The Labute approximate surface area is 203 Å². The van der Waals surface area contributed by atoms with Gasteiger partial charge in [0, 0.05) is 12.8 Å². The lowest BCUT2D eigenvalue weighted by atomic mass is 9.92. The van der Waals surface area contributed by atoms with Gasteiger partial charge in [-0.2, -0.15) is 0 Å². The van der Waals surface area contributed by atoms with Gasteiger partial charge >= 0.3 is 11.9 Å². The molecule has 0 spiro atoms. The van der Waals surface area contributed by atoms with E-state index in [1.54, 1.807) is 0 Å². The number of rotatable bonds is 12. The minimum atomic E-state index is -0.124. The molecule has 0 aliphatic carbocycles. The number of esters is 2. The van der Waals surface area contributed by atoms with Crippen molar-refractivity contribution in [2.75, 3.05) is 14.2 Å². The summed E-state index contributed by atoms with van der Waals surface area (Å²) in [5.41, 5.74) is 2.68. The van der Waals surface area contributed by atoms with Gasteiger partial charge in [0.05, 0.1) is 14.2 Å². The fraction of sp³-hybridized carbons (Fsp3) is 0.467. The molecular formula is C30H38O4. The first-order valence-corrected chi connectivity index (χ1v) is 12.5. The van der Waals surface area contributed by atoms with Crippen molar-refractivity contribution in [1.82, 2.24) is 0 Å². The molecular weight excluding hydrogens is 424 g/mol. The molecule has 3 aromatic carbocycles. The Bertz CT molecular complexity index is 1030. The van der Waals surface area contributed by atoms with Gasteiger partial charge in [0.25, 0.3) is 0 Å². The number of methoxy groups -OCH3 is 2. The molecule has 2 unspecified atom stereocenters. The van der Waals surface area contributed by atoms with E-state index >= 15 is 0 Å². The van der Waals surface area contributed by atoms with Crippen LogP contribution in [0.5, 0.6) is 0 Å². The molecule has 4 nitrogen and oxygen atoms in total. The van der Waals surface area contributed by atoms with Crippen LogP contribution in [0.4, 0.5) is 0 Å². The van der Waals surface area contributed by atoms with E-state index < -0.39 is 0 Å². The Hall–Kier alpha value is -2.88. The molecule has 3 rings (SSSR count). The van der Waals surface area contributed by atoms with Crippen LogP contribution in [0.3, 0.4) is 0 Å². The standard InChI is InChI=1S/C30H38O4/c1-21(7-5-9-29(31)33-3)15-23-11-13-25-20-28-18-24(12-14-26(28)19-27(25)17-23)16-22(2)8-6-10-30(32)34-4/h11-14,17-22H,5-10,15-16H2,1-4H3. The molecule has 2 atom stereocenters. The van der Waals surface area contributed by atoms with Crippen LogP contribution in [0.15, 0.2) is 48.5 Å². The number of benzene rings is 3. The largest absolute Gasteiger partial charge is 0.469 e. The quantitative estimate of drug-likeness (QED) is 0.214. The van der Waals surface area contributed by atoms with E-state index in [2.05, 4.69) is 62.4 Å². The molecule has 0 N–H and O–H groups in total. The number of carbonyl (C=O) groups excluding carboxylic acids is 2. The fourth-order valence-corrected chi connectivity index (χ4v) is 4.75. The van der Waals surface area contributed by atoms with Crippen molar-refractivity contribution in [2.24, 2.45) is 11.8 Å². The van der Waals surface area contributed by atoms with Gasteiger partial charge in [-0.1, -0.05) is 50.2 Å². The summed E-state index contributed by atoms with van der Waals surface area (Å²) in [6.45, 7) is 4.50. The lowest BCUT2D eigenvalue weighted by Crippen LogP contribution is -2.04. The van der Waals surface area contributed by atoms with E-state index in [0.717, 1.165) is 38.5 Å². The zero-order valence-corrected chi connectivity index (χ0v) is 21.1. The second kappa shape index (κ2) is 12.5. The van der Waals surface area contributed by atoms with Crippen molar-refractivity contribution in [2.45, 2.75) is 65.2 Å². The monoisotopic (exact) mass is 462 g/mol. The van der Waals surface area contributed by atoms with Crippen LogP contribution in [-0.4, -0.2) is 26.2 Å². The number of fused-ring (bicyclic) bond motifs is 2. The molecule has 0 heterocycles. The van der Waals surface area contributed by atoms with Gasteiger partial charge in [-0.15, -0.1) is 0 Å². The Morgan fingerprint density at radius 2 is 1.06 bits per heavy atom. The molecule has 0 aliphatic rings. The van der Waals surface area contributed by atoms with Crippen molar-refractivity contribution in [3.8, 4) is 0 Å². The van der Waals surface area contributed by atoms with Crippen molar-refractivity contribution < 1.29 is 19.1 Å². The van der Waals surface area contributed by atoms with Gasteiger partial charge in [-0.05, 0) is 95.2 Å². The van der Waals surface area contributed by atoms with Gasteiger partial charge in [0.2, 0.25) is 0 Å². The van der Waals surface area contributed by atoms with Crippen LogP contribution in [0.2, 0.25) is 0 Å². The molecule has 0 fully saturated rings. The van der Waals surface area contributed by atoms with Gasteiger partial charge < -0.3 is 9.47 Å². The van der Waals surface area contributed by atoms with Crippen LogP contribution in [0.25, 0.3) is 21.5 Å². The molecule has 0 saturated carbocycles. The fourth-order valence-electron chi connectivity index (χ4n) is 4.75. The zero-order valence-electron chi connectivity index (χ0n) is 21.1. The lowest BCUT2D eigenvalue weighted by Gasteiger charge is -2.13. The third-order valence-electron chi connectivity index (χ3n) is 6.70. The molecule has 182 valence electrons. The van der Waals surface area contributed by atoms with Crippen molar-refractivity contribution >= 4 is 33.5 Å². The van der Waals surface area contributed by atoms with Crippen LogP contribution in [-0.2, 0) is 31.9 Å². The highest BCUT2D eigenvalue weighted by Crippen LogP contribution is 2.27. The summed E-state index contributed by atoms with van der Waals surface area (Å²) in [6.07, 6.45) is 6.82. The van der Waals surface area contributed by atoms with Crippen LogP contribution in [0.1, 0.15) is 63.5 Å². The van der Waals surface area contributed by atoms with Gasteiger partial charge in [0.15, 0.2) is 0 Å². The van der Waals surface area contributed by atoms with E-state index in [0.29, 0.717) is 24.7 Å². The molecule has 0 saturated heterocycles. The smallest absolute Gasteiger partial charge is 0.305 e. The zero-order chi connectivity index (χ0) is 24.5. The number of hydrogen-bond donors (Lipinski definition) is 0. The third kappa shape index (κ3) is 7.58. The first-order chi connectivity index (χ1) is 16.4. The molecule has 4 heteroatoms. The molecule has 0 radical (unpaired) electrons. The maximum absolute atomic E-state index is 11.3. The first-order valence-electron chi connectivity index (χ1n) is 12.5. The predicted octanol–water partition coefficient (Wildman–Crippen LogP) is 7.04. The highest BCUT2D eigenvalue weighted by molar-refractivity contribution is 5.98. The van der Waals surface area contributed by atoms with Crippen LogP contribution >= 0.6 is 0 Å². The Morgan fingerprint density at radius 3 is 1.44 bits per heavy atom. The first kappa shape index (κ1) is 25.7. The van der Waals surface area contributed by atoms with E-state index in [1.165, 1.54) is 46.9 Å². The molecule has 0 aliphatic heterocycles. The summed E-state index contributed by atoms with van der Waals surface area (Å²) in [5.74, 6) is 0.807. The van der Waals surface area contributed by atoms with E-state index in [1.807, 2.05) is 0 Å². The molecule has 34 heavy (non-hydrogen) atoms. The van der Waals surface area contributed by atoms with E-state index in [9.17, 15) is 9.59 Å². The molecule has 0 amide bonds. The summed E-state index contributed by atoms with van der Waals surface area (Å²) in [5, 5.41) is 5.07. The number of hydrogen-bond acceptors (Lipinski definition) is 4. The minimum Gasteiger partial charge on any atom is -0.469 e. The van der Waals surface area contributed by atoms with Gasteiger partial charge in [-0.3, -0.25) is 9.59 Å². The molecule has 0 bridgehead atoms. The Balaban J connectivity index is 1.63. The summed E-state index contributed by atoms with van der Waals surface area (Å²) in [4.78, 5) is 22.6. The summed E-state index contributed by atoms with van der Waals surface area (Å²) in [7, 11) is 2.89.